The molecular formula is C29H34N6O2. The maximum absolute atomic E-state index is 12.5. The van der Waals surface area contributed by atoms with E-state index in [-0.39, 0.29) is 5.91 Å². The van der Waals surface area contributed by atoms with E-state index in [0.29, 0.717) is 35.6 Å². The molecule has 0 bridgehead atoms. The third-order valence-corrected chi connectivity index (χ3v) is 6.83. The highest BCUT2D eigenvalue weighted by molar-refractivity contribution is 5.90. The van der Waals surface area contributed by atoms with Crippen molar-refractivity contribution in [2.45, 2.75) is 39.0 Å². The van der Waals surface area contributed by atoms with E-state index in [0.717, 1.165) is 48.6 Å². The van der Waals surface area contributed by atoms with E-state index in [9.17, 15) is 4.79 Å². The summed E-state index contributed by atoms with van der Waals surface area (Å²) in [5.41, 5.74) is 4.11. The molecule has 0 unspecified atom stereocenters. The molecule has 8 nitrogen and oxygen atoms in total. The van der Waals surface area contributed by atoms with Crippen molar-refractivity contribution in [2.24, 2.45) is 13.0 Å². The average Bonchev–Trinajstić information content (AvgIpc) is 3.19. The van der Waals surface area contributed by atoms with Crippen LogP contribution in [0.2, 0.25) is 0 Å². The largest absolute Gasteiger partial charge is 0.457 e. The minimum absolute atomic E-state index is 0.00887. The summed E-state index contributed by atoms with van der Waals surface area (Å²) in [5, 5.41) is 9.69. The number of carbonyl (C=O) groups excluding carboxylic acids is 1. The summed E-state index contributed by atoms with van der Waals surface area (Å²) in [7, 11) is 1.99. The van der Waals surface area contributed by atoms with Gasteiger partial charge in [0.15, 0.2) is 0 Å². The van der Waals surface area contributed by atoms with Crippen LogP contribution in [0.25, 0.3) is 11.0 Å². The summed E-state index contributed by atoms with van der Waals surface area (Å²) in [6, 6.07) is 17.8. The summed E-state index contributed by atoms with van der Waals surface area (Å²) >= 11 is 0. The molecule has 3 heterocycles. The molecule has 5 rings (SSSR count). The van der Waals surface area contributed by atoms with Gasteiger partial charge >= 0.3 is 0 Å². The molecule has 192 valence electrons. The zero-order chi connectivity index (χ0) is 25.8. The molecule has 4 aromatic rings. The van der Waals surface area contributed by atoms with Crippen molar-refractivity contribution >= 4 is 34.4 Å². The molecule has 2 aromatic carbocycles. The lowest BCUT2D eigenvalue weighted by molar-refractivity contribution is -0.117. The van der Waals surface area contributed by atoms with E-state index in [1.165, 1.54) is 5.56 Å². The van der Waals surface area contributed by atoms with Crippen molar-refractivity contribution in [1.29, 1.82) is 0 Å². The monoisotopic (exact) mass is 498 g/mol. The zero-order valence-electron chi connectivity index (χ0n) is 21.6. The average molecular weight is 499 g/mol. The molecule has 1 amide bonds. The number of aryl methyl sites for hydroxylation is 1. The molecule has 1 aliphatic rings. The second-order valence-corrected chi connectivity index (χ2v) is 9.97. The Balaban J connectivity index is 1.27. The van der Waals surface area contributed by atoms with Gasteiger partial charge in [0.2, 0.25) is 11.9 Å². The van der Waals surface area contributed by atoms with Crippen LogP contribution in [0.15, 0.2) is 60.8 Å². The number of imidazole rings is 1. The first kappa shape index (κ1) is 24.8. The first-order valence-corrected chi connectivity index (χ1v) is 12.9. The van der Waals surface area contributed by atoms with E-state index in [2.05, 4.69) is 53.0 Å². The zero-order valence-corrected chi connectivity index (χ0v) is 21.6. The maximum Gasteiger partial charge on any atom is 0.225 e. The van der Waals surface area contributed by atoms with Crippen molar-refractivity contribution in [3.05, 3.63) is 66.4 Å². The molecular weight excluding hydrogens is 464 g/mol. The van der Waals surface area contributed by atoms with Gasteiger partial charge in [0.1, 0.15) is 17.3 Å². The van der Waals surface area contributed by atoms with E-state index in [1.54, 1.807) is 18.3 Å². The summed E-state index contributed by atoms with van der Waals surface area (Å²) in [4.78, 5) is 21.6. The number of hydrogen-bond acceptors (Lipinski definition) is 6. The fourth-order valence-corrected chi connectivity index (χ4v) is 4.68. The topological polar surface area (TPSA) is 93.1 Å². The Kier molecular flexibility index (Phi) is 7.37. The minimum atomic E-state index is -0.00887. The first-order chi connectivity index (χ1) is 17.9. The van der Waals surface area contributed by atoms with Crippen LogP contribution in [0.3, 0.4) is 0 Å². The van der Waals surface area contributed by atoms with Crippen LogP contribution in [0.4, 0.5) is 17.5 Å². The number of carbonyl (C=O) groups is 1. The van der Waals surface area contributed by atoms with Gasteiger partial charge in [-0.2, -0.15) is 0 Å². The SMILES string of the molecule is CC(C)c1cccc(Nc2nc3cc(Oc4ccnc(NC(=O)CC5CCNCC5)c4)ccc3n2C)c1. The Bertz CT molecular complexity index is 1390. The molecule has 0 spiro atoms. The Morgan fingerprint density at radius 3 is 2.73 bits per heavy atom. The smallest absolute Gasteiger partial charge is 0.225 e. The molecule has 0 radical (unpaired) electrons. The summed E-state index contributed by atoms with van der Waals surface area (Å²) < 4.78 is 8.13. The van der Waals surface area contributed by atoms with Gasteiger partial charge in [-0.25, -0.2) is 9.97 Å². The fraction of sp³-hybridized carbons (Fsp3) is 0.345. The second kappa shape index (κ2) is 11.0. The molecule has 37 heavy (non-hydrogen) atoms. The number of pyridine rings is 1. The van der Waals surface area contributed by atoms with Gasteiger partial charge in [-0.05, 0) is 73.7 Å². The Morgan fingerprint density at radius 1 is 1.11 bits per heavy atom. The first-order valence-electron chi connectivity index (χ1n) is 12.9. The van der Waals surface area contributed by atoms with Gasteiger partial charge in [0.05, 0.1) is 11.0 Å². The van der Waals surface area contributed by atoms with Crippen LogP contribution in [0, 0.1) is 5.92 Å². The number of fused-ring (bicyclic) bond motifs is 1. The van der Waals surface area contributed by atoms with Gasteiger partial charge in [-0.15, -0.1) is 0 Å². The van der Waals surface area contributed by atoms with Gasteiger partial charge in [-0.1, -0.05) is 26.0 Å². The van der Waals surface area contributed by atoms with Crippen molar-refractivity contribution in [3.63, 3.8) is 0 Å². The third kappa shape index (κ3) is 6.09. The predicted octanol–water partition coefficient (Wildman–Crippen LogP) is 5.96. The number of amides is 1. The van der Waals surface area contributed by atoms with E-state index in [4.69, 9.17) is 9.72 Å². The summed E-state index contributed by atoms with van der Waals surface area (Å²) in [5.74, 6) is 3.39. The third-order valence-electron chi connectivity index (χ3n) is 6.83. The lowest BCUT2D eigenvalue weighted by Crippen LogP contribution is -2.30. The van der Waals surface area contributed by atoms with Crippen LogP contribution in [0.1, 0.15) is 44.6 Å². The molecule has 0 aliphatic carbocycles. The lowest BCUT2D eigenvalue weighted by Gasteiger charge is -2.21. The Morgan fingerprint density at radius 2 is 1.92 bits per heavy atom. The number of benzene rings is 2. The minimum Gasteiger partial charge on any atom is -0.457 e. The van der Waals surface area contributed by atoms with Gasteiger partial charge in [0, 0.05) is 37.5 Å². The van der Waals surface area contributed by atoms with Crippen molar-refractivity contribution in [2.75, 3.05) is 23.7 Å². The number of nitrogens with zero attached hydrogens (tertiary/aromatic N) is 3. The lowest BCUT2D eigenvalue weighted by atomic mass is 9.94. The molecule has 1 saturated heterocycles. The highest BCUT2D eigenvalue weighted by atomic mass is 16.5. The van der Waals surface area contributed by atoms with Crippen LogP contribution in [-0.4, -0.2) is 33.5 Å². The highest BCUT2D eigenvalue weighted by Gasteiger charge is 2.17. The summed E-state index contributed by atoms with van der Waals surface area (Å²) in [6.07, 6.45) is 4.22. The number of hydrogen-bond donors (Lipinski definition) is 3. The quantitative estimate of drug-likeness (QED) is 0.278. The molecule has 0 saturated carbocycles. The number of aromatic nitrogens is 3. The number of ether oxygens (including phenoxy) is 1. The molecule has 1 aliphatic heterocycles. The molecule has 0 atom stereocenters. The van der Waals surface area contributed by atoms with E-state index < -0.39 is 0 Å². The van der Waals surface area contributed by atoms with E-state index >= 15 is 0 Å². The maximum atomic E-state index is 12.5. The molecule has 3 N–H and O–H groups in total. The fourth-order valence-electron chi connectivity index (χ4n) is 4.68. The molecule has 1 fully saturated rings. The Labute approximate surface area is 217 Å². The van der Waals surface area contributed by atoms with Crippen LogP contribution < -0.4 is 20.7 Å². The number of nitrogens with one attached hydrogen (secondary N) is 3. The van der Waals surface area contributed by atoms with Crippen LogP contribution >= 0.6 is 0 Å². The van der Waals surface area contributed by atoms with Crippen molar-refractivity contribution in [1.82, 2.24) is 19.9 Å². The standard InChI is InChI=1S/C29H34N6O2/c1-19(2)21-5-4-6-22(16-21)32-29-33-25-17-23(7-8-26(25)35(29)3)37-24-11-14-31-27(18-24)34-28(36)15-20-9-12-30-13-10-20/h4-8,11,14,16-20,30H,9-10,12-13,15H2,1-3H3,(H,32,33)(H,31,34,36). The number of anilines is 3. The molecule has 2 aromatic heterocycles. The normalized spacial score (nSPS) is 14.2. The van der Waals surface area contributed by atoms with E-state index in [1.807, 2.05) is 35.9 Å². The molecule has 8 heteroatoms. The number of rotatable bonds is 8. The summed E-state index contributed by atoms with van der Waals surface area (Å²) in [6.45, 7) is 6.32. The van der Waals surface area contributed by atoms with Crippen LogP contribution in [0.5, 0.6) is 11.5 Å². The van der Waals surface area contributed by atoms with Gasteiger partial charge < -0.3 is 25.3 Å². The van der Waals surface area contributed by atoms with Crippen molar-refractivity contribution in [3.8, 4) is 11.5 Å². The Hall–Kier alpha value is -3.91. The van der Waals surface area contributed by atoms with Crippen molar-refractivity contribution < 1.29 is 9.53 Å². The highest BCUT2D eigenvalue weighted by Crippen LogP contribution is 2.29. The predicted molar refractivity (Wildman–Crippen MR) is 148 cm³/mol. The van der Waals surface area contributed by atoms with Gasteiger partial charge in [0.25, 0.3) is 0 Å². The van der Waals surface area contributed by atoms with Crippen LogP contribution in [-0.2, 0) is 11.8 Å². The second-order valence-electron chi connectivity index (χ2n) is 9.97. The van der Waals surface area contributed by atoms with Gasteiger partial charge in [-0.3, -0.25) is 4.79 Å². The number of piperidine rings is 1.